The lowest BCUT2D eigenvalue weighted by Crippen LogP contribution is -2.34. The van der Waals surface area contributed by atoms with Crippen molar-refractivity contribution in [3.8, 4) is 0 Å². The van der Waals surface area contributed by atoms with E-state index in [4.69, 9.17) is 0 Å². The van der Waals surface area contributed by atoms with E-state index in [0.29, 0.717) is 6.54 Å². The molecule has 0 N–H and O–H groups in total. The number of thiazole rings is 2. The first-order valence-electron chi connectivity index (χ1n) is 12.9. The van der Waals surface area contributed by atoms with Crippen molar-refractivity contribution in [1.29, 1.82) is 0 Å². The molecule has 0 amide bonds. The van der Waals surface area contributed by atoms with Gasteiger partial charge in [-0.3, -0.25) is 9.36 Å². The second kappa shape index (κ2) is 12.8. The molecule has 3 aromatic rings. The summed E-state index contributed by atoms with van der Waals surface area (Å²) < 4.78 is 37.1. The predicted molar refractivity (Wildman–Crippen MR) is 160 cm³/mol. The van der Waals surface area contributed by atoms with Crippen LogP contribution in [0.4, 0.5) is 0 Å². The van der Waals surface area contributed by atoms with Crippen molar-refractivity contribution < 1.29 is 17.5 Å². The van der Waals surface area contributed by atoms with Gasteiger partial charge in [0, 0.05) is 24.2 Å². The number of nitrogens with zero attached hydrogens (tertiary/aromatic N) is 3. The summed E-state index contributed by atoms with van der Waals surface area (Å²) in [6.07, 6.45) is 13.3. The number of aryl methyl sites for hydroxylation is 2. The fourth-order valence-corrected chi connectivity index (χ4v) is 8.09. The Kier molecular flexibility index (Phi) is 9.71. The summed E-state index contributed by atoms with van der Waals surface area (Å²) in [4.78, 5) is 16.5. The lowest BCUT2D eigenvalue weighted by atomic mass is 10.0. The van der Waals surface area contributed by atoms with Gasteiger partial charge in [-0.2, -0.15) is 4.57 Å². The Bertz CT molecular complexity index is 1680. The summed E-state index contributed by atoms with van der Waals surface area (Å²) in [7, 11) is -2.12. The van der Waals surface area contributed by atoms with E-state index in [1.807, 2.05) is 36.3 Å². The number of allylic oxidation sites excluding steroid dienone is 3. The molecule has 2 aliphatic rings. The molecular formula is C28H33N3O4S4. The summed E-state index contributed by atoms with van der Waals surface area (Å²) in [6.45, 7) is 7.62. The molecule has 208 valence electrons. The first-order valence-corrected chi connectivity index (χ1v) is 16.8. The van der Waals surface area contributed by atoms with Gasteiger partial charge in [0.2, 0.25) is 0 Å². The van der Waals surface area contributed by atoms with Gasteiger partial charge < -0.3 is 9.45 Å². The van der Waals surface area contributed by atoms with Crippen molar-refractivity contribution in [2.45, 2.75) is 64.4 Å². The van der Waals surface area contributed by atoms with Crippen LogP contribution < -0.4 is 19.3 Å². The largest absolute Gasteiger partial charge is 0.744 e. The topological polar surface area (TPSA) is 86.3 Å². The van der Waals surface area contributed by atoms with E-state index in [9.17, 15) is 17.8 Å². The van der Waals surface area contributed by atoms with Gasteiger partial charge in [-0.1, -0.05) is 40.8 Å². The monoisotopic (exact) mass is 603 g/mol. The van der Waals surface area contributed by atoms with Crippen LogP contribution in [0.25, 0.3) is 12.2 Å². The summed E-state index contributed by atoms with van der Waals surface area (Å²) >= 11 is 5.17. The van der Waals surface area contributed by atoms with Gasteiger partial charge in [0.25, 0.3) is 10.6 Å². The van der Waals surface area contributed by atoms with Gasteiger partial charge in [0.15, 0.2) is 6.20 Å². The summed E-state index contributed by atoms with van der Waals surface area (Å²) in [5, 5.41) is 4.51. The molecule has 0 bridgehead atoms. The summed E-state index contributed by atoms with van der Waals surface area (Å²) in [5.41, 5.74) is 2.51. The van der Waals surface area contributed by atoms with Crippen LogP contribution in [0.3, 0.4) is 0 Å². The lowest BCUT2D eigenvalue weighted by molar-refractivity contribution is -0.690. The number of rotatable bonds is 5. The van der Waals surface area contributed by atoms with Gasteiger partial charge in [-0.05, 0) is 70.7 Å². The molecule has 0 radical (unpaired) electrons. The van der Waals surface area contributed by atoms with Gasteiger partial charge in [0.1, 0.15) is 21.3 Å². The Morgan fingerprint density at radius 1 is 1.10 bits per heavy atom. The highest BCUT2D eigenvalue weighted by atomic mass is 32.2. The quantitative estimate of drug-likeness (QED) is 0.322. The van der Waals surface area contributed by atoms with Gasteiger partial charge in [-0.15, -0.1) is 11.3 Å². The predicted octanol–water partition coefficient (Wildman–Crippen LogP) is 4.11. The normalized spacial score (nSPS) is 17.6. The highest BCUT2D eigenvalue weighted by Crippen LogP contribution is 2.46. The molecule has 0 saturated heterocycles. The molecule has 39 heavy (non-hydrogen) atoms. The Morgan fingerprint density at radius 2 is 1.82 bits per heavy atom. The van der Waals surface area contributed by atoms with Crippen molar-refractivity contribution in [2.24, 2.45) is 0 Å². The molecule has 7 nitrogen and oxygen atoms in total. The van der Waals surface area contributed by atoms with Crippen LogP contribution in [0.5, 0.6) is 0 Å². The molecule has 0 saturated carbocycles. The molecule has 0 spiro atoms. The lowest BCUT2D eigenvalue weighted by Gasteiger charge is -2.19. The van der Waals surface area contributed by atoms with Crippen LogP contribution in [0.15, 0.2) is 67.2 Å². The minimum Gasteiger partial charge on any atom is -0.744 e. The second-order valence-corrected chi connectivity index (χ2v) is 13.7. The average molecular weight is 604 g/mol. The van der Waals surface area contributed by atoms with E-state index < -0.39 is 10.1 Å². The molecule has 1 aliphatic carbocycles. The number of thioether (sulfide) groups is 1. The third-order valence-corrected chi connectivity index (χ3v) is 10.7. The van der Waals surface area contributed by atoms with Crippen LogP contribution in [0.2, 0.25) is 0 Å². The molecule has 1 aliphatic heterocycles. The first kappa shape index (κ1) is 29.5. The molecule has 11 heteroatoms. The van der Waals surface area contributed by atoms with E-state index in [0.717, 1.165) is 21.3 Å². The number of benzene rings is 1. The van der Waals surface area contributed by atoms with E-state index in [1.54, 1.807) is 34.8 Å². The standard InChI is InChI=1S/C21H26N3OS3.C7H8O3S/c1-4-23-12-13-26-19(23)14-20-24(5-2)21(25)17(28-20)10-11-18-22(3)15-8-6-7-9-16(15)27-18;1-6-2-4-7(5-3-6)11(8,9)10/h10-14H,4-9H2,1-3H3;2-5H,1H3,(H,8,9,10)/q+1;/p-1/b17-10-,18-11-;. The van der Waals surface area contributed by atoms with E-state index in [1.165, 1.54) is 58.5 Å². The minimum absolute atomic E-state index is 0.110. The summed E-state index contributed by atoms with van der Waals surface area (Å²) in [6, 6.07) is 5.78. The third kappa shape index (κ3) is 7.01. The van der Waals surface area contributed by atoms with Gasteiger partial charge in [-0.25, -0.2) is 8.42 Å². The van der Waals surface area contributed by atoms with E-state index in [2.05, 4.69) is 47.2 Å². The Morgan fingerprint density at radius 3 is 2.46 bits per heavy atom. The molecule has 1 aromatic carbocycles. The molecule has 5 rings (SSSR count). The first-order chi connectivity index (χ1) is 18.6. The maximum Gasteiger partial charge on any atom is 0.269 e. The van der Waals surface area contributed by atoms with Crippen molar-refractivity contribution in [2.75, 3.05) is 7.05 Å². The minimum atomic E-state index is -4.27. The number of aromatic nitrogens is 2. The highest BCUT2D eigenvalue weighted by molar-refractivity contribution is 8.06. The highest BCUT2D eigenvalue weighted by Gasteiger charge is 2.26. The zero-order valence-electron chi connectivity index (χ0n) is 22.5. The van der Waals surface area contributed by atoms with Crippen molar-refractivity contribution in [1.82, 2.24) is 9.47 Å². The van der Waals surface area contributed by atoms with Crippen molar-refractivity contribution in [3.63, 3.8) is 0 Å². The Labute approximate surface area is 241 Å². The molecule has 0 atom stereocenters. The Balaban J connectivity index is 0.000000270. The molecule has 0 fully saturated rings. The van der Waals surface area contributed by atoms with Crippen LogP contribution in [0.1, 0.15) is 50.1 Å². The zero-order valence-corrected chi connectivity index (χ0v) is 25.8. The van der Waals surface area contributed by atoms with E-state index in [-0.39, 0.29) is 10.5 Å². The van der Waals surface area contributed by atoms with Crippen LogP contribution in [0, 0.1) is 6.92 Å². The van der Waals surface area contributed by atoms with Gasteiger partial charge in [0.05, 0.1) is 25.9 Å². The third-order valence-electron chi connectivity index (χ3n) is 6.59. The number of hydrogen-bond acceptors (Lipinski definition) is 8. The fourth-order valence-electron chi connectivity index (χ4n) is 4.41. The summed E-state index contributed by atoms with van der Waals surface area (Å²) in [5.74, 6) is 0. The van der Waals surface area contributed by atoms with Crippen LogP contribution >= 0.6 is 34.4 Å². The SMILES string of the molecule is CCn1c(=O)/c(=C/C=C2\SC3=C(CCCC3)N2C)s/c1=C\c1scc[n+]1CC.Cc1ccc(S(=O)(=O)[O-])cc1. The van der Waals surface area contributed by atoms with Crippen LogP contribution in [-0.4, -0.2) is 29.5 Å². The van der Waals surface area contributed by atoms with E-state index >= 15 is 0 Å². The van der Waals surface area contributed by atoms with Crippen LogP contribution in [-0.2, 0) is 23.2 Å². The molecule has 3 heterocycles. The smallest absolute Gasteiger partial charge is 0.269 e. The molecule has 2 aromatic heterocycles. The van der Waals surface area contributed by atoms with Gasteiger partial charge >= 0.3 is 0 Å². The van der Waals surface area contributed by atoms with Crippen molar-refractivity contribution in [3.05, 3.63) is 87.7 Å². The second-order valence-electron chi connectivity index (χ2n) is 9.20. The molecule has 0 unspecified atom stereocenters. The maximum atomic E-state index is 12.9. The number of hydrogen-bond donors (Lipinski definition) is 0. The average Bonchev–Trinajstić information content (AvgIpc) is 3.58. The maximum absolute atomic E-state index is 12.9. The molecular weight excluding hydrogens is 571 g/mol. The fraction of sp³-hybridized carbons (Fsp3) is 0.357. The Hall–Kier alpha value is -2.44. The van der Waals surface area contributed by atoms with Crippen molar-refractivity contribution >= 4 is 56.7 Å². The zero-order chi connectivity index (χ0) is 28.2.